The molecule has 12 rings (SSSR count). The molecule has 0 bridgehead atoms. The summed E-state index contributed by atoms with van der Waals surface area (Å²) in [4.78, 5) is 0. The first kappa shape index (κ1) is 30.1. The molecule has 0 aliphatic rings. The van der Waals surface area contributed by atoms with Gasteiger partial charge in [0.2, 0.25) is 0 Å². The minimum Gasteiger partial charge on any atom is -0.455 e. The Bertz CT molecular complexity index is 3490. The highest BCUT2D eigenvalue weighted by Crippen LogP contribution is 2.40. The number of hydrogen-bond acceptors (Lipinski definition) is 1. The van der Waals surface area contributed by atoms with Crippen molar-refractivity contribution in [2.75, 3.05) is 0 Å². The van der Waals surface area contributed by atoms with Gasteiger partial charge >= 0.3 is 0 Å². The Labute approximate surface area is 316 Å². The fourth-order valence-electron chi connectivity index (χ4n) is 8.94. The van der Waals surface area contributed by atoms with E-state index in [2.05, 4.69) is 191 Å². The summed E-state index contributed by atoms with van der Waals surface area (Å²) in [6.45, 7) is 0. The molecule has 0 atom stereocenters. The first-order valence-corrected chi connectivity index (χ1v) is 18.8. The molecule has 3 heterocycles. The molecule has 0 amide bonds. The Morgan fingerprint density at radius 3 is 1.75 bits per heavy atom. The minimum atomic E-state index is 0.912. The maximum Gasteiger partial charge on any atom is 0.143 e. The van der Waals surface area contributed by atoms with Gasteiger partial charge in [0.1, 0.15) is 11.2 Å². The first-order valence-electron chi connectivity index (χ1n) is 18.8. The standard InChI is InChI=1S/C52H32N2O/c1-2-11-35-30-39(27-22-33(35)10-1)54-48-18-7-4-13-42(48)46-31-36(24-29-49(46)54)34-20-25-38(26-21-34)53-47-17-6-3-12-41(47)43-28-23-37(32-50(43)53)40-15-9-16-45-44-14-5-8-19-51(44)55-52(40)45/h1-32H. The maximum atomic E-state index is 6.46. The molecule has 256 valence electrons. The van der Waals surface area contributed by atoms with Crippen LogP contribution in [-0.2, 0) is 0 Å². The number of para-hydroxylation sites is 4. The molecule has 3 aromatic heterocycles. The molecule has 0 spiro atoms. The average Bonchev–Trinajstić information content (AvgIpc) is 3.91. The van der Waals surface area contributed by atoms with Crippen molar-refractivity contribution < 1.29 is 4.42 Å². The minimum absolute atomic E-state index is 0.912. The number of hydrogen-bond donors (Lipinski definition) is 0. The Kier molecular flexibility index (Phi) is 6.34. The molecular formula is C52H32N2O. The summed E-state index contributed by atoms with van der Waals surface area (Å²) in [5, 5.41) is 9.75. The number of benzene rings is 9. The van der Waals surface area contributed by atoms with E-state index < -0.39 is 0 Å². The van der Waals surface area contributed by atoms with Gasteiger partial charge < -0.3 is 13.6 Å². The Hall–Kier alpha value is -7.36. The summed E-state index contributed by atoms with van der Waals surface area (Å²) in [5.74, 6) is 0. The van der Waals surface area contributed by atoms with E-state index in [0.717, 1.165) is 38.8 Å². The molecule has 3 nitrogen and oxygen atoms in total. The number of fused-ring (bicyclic) bond motifs is 10. The third-order valence-corrected chi connectivity index (χ3v) is 11.5. The molecule has 55 heavy (non-hydrogen) atoms. The molecule has 0 fully saturated rings. The van der Waals surface area contributed by atoms with E-state index >= 15 is 0 Å². The first-order chi connectivity index (χ1) is 27.3. The van der Waals surface area contributed by atoms with Crippen LogP contribution >= 0.6 is 0 Å². The van der Waals surface area contributed by atoms with E-state index in [1.807, 2.05) is 12.1 Å². The zero-order valence-corrected chi connectivity index (χ0v) is 29.8. The largest absolute Gasteiger partial charge is 0.455 e. The topological polar surface area (TPSA) is 23.0 Å². The summed E-state index contributed by atoms with van der Waals surface area (Å²) >= 11 is 0. The second-order valence-electron chi connectivity index (χ2n) is 14.5. The summed E-state index contributed by atoms with van der Waals surface area (Å²) in [6, 6.07) is 70.3. The fourth-order valence-corrected chi connectivity index (χ4v) is 8.94. The van der Waals surface area contributed by atoms with Crippen LogP contribution in [0.5, 0.6) is 0 Å². The predicted octanol–water partition coefficient (Wildman–Crippen LogP) is 14.3. The third-order valence-electron chi connectivity index (χ3n) is 11.5. The second-order valence-corrected chi connectivity index (χ2v) is 14.5. The highest BCUT2D eigenvalue weighted by Gasteiger charge is 2.17. The third kappa shape index (κ3) is 4.50. The van der Waals surface area contributed by atoms with Gasteiger partial charge in [0.15, 0.2) is 0 Å². The van der Waals surface area contributed by atoms with E-state index in [9.17, 15) is 0 Å². The lowest BCUT2D eigenvalue weighted by Gasteiger charge is -2.11. The number of aromatic nitrogens is 2. The number of nitrogens with zero attached hydrogens (tertiary/aromatic N) is 2. The molecule has 0 saturated heterocycles. The SMILES string of the molecule is c1ccc2cc(-n3c4ccccc4c4cc(-c5ccc(-n6c7ccccc7c7ccc(-c8cccc9c8oc8ccccc89)cc76)cc5)ccc43)ccc2c1. The van der Waals surface area contributed by atoms with Crippen LogP contribution in [0, 0.1) is 0 Å². The van der Waals surface area contributed by atoms with Crippen LogP contribution in [0.25, 0.3) is 110 Å². The van der Waals surface area contributed by atoms with Crippen LogP contribution < -0.4 is 0 Å². The predicted molar refractivity (Wildman–Crippen MR) is 231 cm³/mol. The molecule has 0 unspecified atom stereocenters. The van der Waals surface area contributed by atoms with Gasteiger partial charge in [-0.15, -0.1) is 0 Å². The highest BCUT2D eigenvalue weighted by molar-refractivity contribution is 6.13. The fraction of sp³-hybridized carbons (Fsp3) is 0. The average molecular weight is 701 g/mol. The van der Waals surface area contributed by atoms with Crippen molar-refractivity contribution in [1.82, 2.24) is 9.13 Å². The molecule has 0 aliphatic heterocycles. The van der Waals surface area contributed by atoms with E-state index in [-0.39, 0.29) is 0 Å². The van der Waals surface area contributed by atoms with Crippen LogP contribution in [-0.4, -0.2) is 9.13 Å². The number of rotatable bonds is 4. The van der Waals surface area contributed by atoms with E-state index in [1.165, 1.54) is 71.2 Å². The normalized spacial score (nSPS) is 12.0. The Morgan fingerprint density at radius 2 is 0.909 bits per heavy atom. The molecular weight excluding hydrogens is 669 g/mol. The van der Waals surface area contributed by atoms with Crippen LogP contribution in [0.3, 0.4) is 0 Å². The lowest BCUT2D eigenvalue weighted by molar-refractivity contribution is 0.670. The van der Waals surface area contributed by atoms with Crippen LogP contribution in [0.4, 0.5) is 0 Å². The smallest absolute Gasteiger partial charge is 0.143 e. The van der Waals surface area contributed by atoms with Gasteiger partial charge in [-0.05, 0) is 88.1 Å². The molecule has 12 aromatic rings. The van der Waals surface area contributed by atoms with Gasteiger partial charge in [-0.2, -0.15) is 0 Å². The molecule has 9 aromatic carbocycles. The summed E-state index contributed by atoms with van der Waals surface area (Å²) in [6.07, 6.45) is 0. The summed E-state index contributed by atoms with van der Waals surface area (Å²) < 4.78 is 11.3. The lowest BCUT2D eigenvalue weighted by atomic mass is 10.0. The van der Waals surface area contributed by atoms with E-state index in [4.69, 9.17) is 4.42 Å². The molecule has 0 radical (unpaired) electrons. The van der Waals surface area contributed by atoms with Crippen molar-refractivity contribution in [2.24, 2.45) is 0 Å². The van der Waals surface area contributed by atoms with Crippen molar-refractivity contribution in [3.8, 4) is 33.6 Å². The maximum absolute atomic E-state index is 6.46. The van der Waals surface area contributed by atoms with Crippen LogP contribution in [0.15, 0.2) is 199 Å². The van der Waals surface area contributed by atoms with Crippen LogP contribution in [0.1, 0.15) is 0 Å². The van der Waals surface area contributed by atoms with Crippen molar-refractivity contribution >= 4 is 76.3 Å². The molecule has 0 N–H and O–H groups in total. The van der Waals surface area contributed by atoms with E-state index in [1.54, 1.807) is 0 Å². The highest BCUT2D eigenvalue weighted by atomic mass is 16.3. The quantitative estimate of drug-likeness (QED) is 0.179. The van der Waals surface area contributed by atoms with E-state index in [0.29, 0.717) is 0 Å². The van der Waals surface area contributed by atoms with Crippen molar-refractivity contribution in [3.05, 3.63) is 194 Å². The van der Waals surface area contributed by atoms with Crippen molar-refractivity contribution in [2.45, 2.75) is 0 Å². The summed E-state index contributed by atoms with van der Waals surface area (Å²) in [5.41, 5.74) is 13.5. The van der Waals surface area contributed by atoms with Crippen molar-refractivity contribution in [1.29, 1.82) is 0 Å². The van der Waals surface area contributed by atoms with Gasteiger partial charge in [-0.1, -0.05) is 133 Å². The van der Waals surface area contributed by atoms with Gasteiger partial charge in [-0.25, -0.2) is 0 Å². The zero-order chi connectivity index (χ0) is 36.0. The number of furan rings is 1. The Morgan fingerprint density at radius 1 is 0.309 bits per heavy atom. The van der Waals surface area contributed by atoms with Crippen molar-refractivity contribution in [3.63, 3.8) is 0 Å². The lowest BCUT2D eigenvalue weighted by Crippen LogP contribution is -1.94. The monoisotopic (exact) mass is 700 g/mol. The Balaban J connectivity index is 0.981. The molecule has 0 saturated carbocycles. The van der Waals surface area contributed by atoms with Crippen LogP contribution in [0.2, 0.25) is 0 Å². The van der Waals surface area contributed by atoms with Gasteiger partial charge in [0.25, 0.3) is 0 Å². The summed E-state index contributed by atoms with van der Waals surface area (Å²) in [7, 11) is 0. The second kappa shape index (κ2) is 11.6. The van der Waals surface area contributed by atoms with Gasteiger partial charge in [0, 0.05) is 49.3 Å². The van der Waals surface area contributed by atoms with Gasteiger partial charge in [0.05, 0.1) is 22.1 Å². The zero-order valence-electron chi connectivity index (χ0n) is 29.8. The molecule has 3 heteroatoms. The van der Waals surface area contributed by atoms with Gasteiger partial charge in [-0.3, -0.25) is 0 Å². The molecule has 0 aliphatic carbocycles.